The van der Waals surface area contributed by atoms with Gasteiger partial charge < -0.3 is 14.4 Å². The highest BCUT2D eigenvalue weighted by molar-refractivity contribution is 5.95. The van der Waals surface area contributed by atoms with Crippen LogP contribution in [0, 0.1) is 6.92 Å². The van der Waals surface area contributed by atoms with Crippen LogP contribution in [0.15, 0.2) is 30.5 Å². The molecule has 2 heterocycles. The first-order chi connectivity index (χ1) is 12.6. The van der Waals surface area contributed by atoms with Crippen LogP contribution in [0.4, 0.5) is 0 Å². The quantitative estimate of drug-likeness (QED) is 0.798. The van der Waals surface area contributed by atoms with Crippen LogP contribution >= 0.6 is 0 Å². The molecule has 1 aliphatic rings. The summed E-state index contributed by atoms with van der Waals surface area (Å²) in [4.78, 5) is 14.8. The average molecular weight is 357 g/mol. The van der Waals surface area contributed by atoms with E-state index in [-0.39, 0.29) is 12.0 Å². The van der Waals surface area contributed by atoms with Gasteiger partial charge in [-0.15, -0.1) is 0 Å². The highest BCUT2D eigenvalue weighted by Crippen LogP contribution is 2.19. The lowest BCUT2D eigenvalue weighted by Gasteiger charge is -2.33. The molecule has 1 aliphatic heterocycles. The number of nitrogens with zero attached hydrogens (tertiary/aromatic N) is 3. The molecule has 6 nitrogen and oxygen atoms in total. The van der Waals surface area contributed by atoms with Gasteiger partial charge in [-0.05, 0) is 31.0 Å². The van der Waals surface area contributed by atoms with Crippen LogP contribution in [-0.4, -0.2) is 53.5 Å². The van der Waals surface area contributed by atoms with E-state index < -0.39 is 0 Å². The number of hydrogen-bond acceptors (Lipinski definition) is 4. The van der Waals surface area contributed by atoms with E-state index in [9.17, 15) is 4.79 Å². The van der Waals surface area contributed by atoms with E-state index in [2.05, 4.69) is 18.1 Å². The Balaban J connectivity index is 1.67. The monoisotopic (exact) mass is 357 g/mol. The van der Waals surface area contributed by atoms with Gasteiger partial charge in [0, 0.05) is 31.7 Å². The molecule has 140 valence electrons. The second-order valence-corrected chi connectivity index (χ2v) is 6.67. The van der Waals surface area contributed by atoms with Gasteiger partial charge in [-0.1, -0.05) is 19.1 Å². The topological polar surface area (TPSA) is 56.6 Å². The summed E-state index contributed by atoms with van der Waals surface area (Å²) in [6.45, 7) is 6.67. The van der Waals surface area contributed by atoms with E-state index in [0.29, 0.717) is 25.3 Å². The number of amides is 1. The van der Waals surface area contributed by atoms with Crippen molar-refractivity contribution >= 4 is 5.91 Å². The molecular weight excluding hydrogens is 330 g/mol. The zero-order valence-corrected chi connectivity index (χ0v) is 15.8. The molecule has 6 heteroatoms. The van der Waals surface area contributed by atoms with Gasteiger partial charge in [0.1, 0.15) is 5.75 Å². The van der Waals surface area contributed by atoms with E-state index in [1.54, 1.807) is 13.3 Å². The van der Waals surface area contributed by atoms with Gasteiger partial charge in [0.15, 0.2) is 0 Å². The molecule has 0 N–H and O–H groups in total. The number of benzene rings is 1. The molecule has 1 fully saturated rings. The van der Waals surface area contributed by atoms with Crippen molar-refractivity contribution in [2.45, 2.75) is 39.3 Å². The van der Waals surface area contributed by atoms with E-state index >= 15 is 0 Å². The van der Waals surface area contributed by atoms with Crippen molar-refractivity contribution in [3.63, 3.8) is 0 Å². The molecule has 2 aromatic rings. The molecule has 1 atom stereocenters. The third kappa shape index (κ3) is 4.07. The second-order valence-electron chi connectivity index (χ2n) is 6.67. The normalized spacial score (nSPS) is 17.3. The molecule has 0 saturated carbocycles. The zero-order valence-electron chi connectivity index (χ0n) is 15.8. The van der Waals surface area contributed by atoms with Gasteiger partial charge in [0.2, 0.25) is 0 Å². The highest BCUT2D eigenvalue weighted by atomic mass is 16.5. The van der Waals surface area contributed by atoms with Crippen LogP contribution in [0.5, 0.6) is 5.75 Å². The van der Waals surface area contributed by atoms with Crippen LogP contribution in [0.25, 0.3) is 0 Å². The Hall–Kier alpha value is -2.34. The minimum Gasteiger partial charge on any atom is -0.497 e. The smallest absolute Gasteiger partial charge is 0.257 e. The van der Waals surface area contributed by atoms with E-state index in [1.807, 2.05) is 34.7 Å². The fraction of sp³-hybridized carbons (Fsp3) is 0.500. The van der Waals surface area contributed by atoms with Crippen LogP contribution in [-0.2, 0) is 17.7 Å². The molecule has 3 rings (SSSR count). The predicted octanol–water partition coefficient (Wildman–Crippen LogP) is 2.69. The van der Waals surface area contributed by atoms with Crippen molar-refractivity contribution in [2.75, 3.05) is 26.8 Å². The Bertz CT molecular complexity index is 757. The molecule has 0 spiro atoms. The van der Waals surface area contributed by atoms with Gasteiger partial charge >= 0.3 is 0 Å². The number of hydrogen-bond donors (Lipinski definition) is 0. The molecule has 0 bridgehead atoms. The maximum atomic E-state index is 12.9. The predicted molar refractivity (Wildman–Crippen MR) is 99.6 cm³/mol. The molecule has 1 amide bonds. The summed E-state index contributed by atoms with van der Waals surface area (Å²) in [7, 11) is 1.66. The SMILES string of the molecule is CCCn1ncc(C(=O)N2CCO[C@H](Cc3cccc(OC)c3)C2)c1C. The number of ether oxygens (including phenoxy) is 2. The number of carbonyl (C=O) groups is 1. The Morgan fingerprint density at radius 1 is 1.42 bits per heavy atom. The fourth-order valence-corrected chi connectivity index (χ4v) is 3.35. The number of aryl methyl sites for hydroxylation is 1. The molecule has 1 saturated heterocycles. The minimum absolute atomic E-state index is 0.00852. The van der Waals surface area contributed by atoms with Gasteiger partial charge in [-0.25, -0.2) is 0 Å². The van der Waals surface area contributed by atoms with Crippen molar-refractivity contribution in [3.8, 4) is 5.75 Å². The number of aromatic nitrogens is 2. The van der Waals surface area contributed by atoms with E-state index in [0.717, 1.165) is 36.4 Å². The Labute approximate surface area is 154 Å². The molecule has 1 aromatic carbocycles. The largest absolute Gasteiger partial charge is 0.497 e. The number of morpholine rings is 1. The lowest BCUT2D eigenvalue weighted by Crippen LogP contribution is -2.46. The first-order valence-corrected chi connectivity index (χ1v) is 9.18. The van der Waals surface area contributed by atoms with Gasteiger partial charge in [0.05, 0.1) is 31.6 Å². The van der Waals surface area contributed by atoms with Crippen LogP contribution in [0.2, 0.25) is 0 Å². The van der Waals surface area contributed by atoms with Crippen molar-refractivity contribution < 1.29 is 14.3 Å². The summed E-state index contributed by atoms with van der Waals surface area (Å²) in [6.07, 6.45) is 3.44. The number of methoxy groups -OCH3 is 1. The van der Waals surface area contributed by atoms with Crippen molar-refractivity contribution in [2.24, 2.45) is 0 Å². The van der Waals surface area contributed by atoms with Crippen molar-refractivity contribution in [3.05, 3.63) is 47.3 Å². The lowest BCUT2D eigenvalue weighted by molar-refractivity contribution is -0.0208. The minimum atomic E-state index is -0.00852. The molecule has 0 radical (unpaired) electrons. The Kier molecular flexibility index (Phi) is 5.93. The van der Waals surface area contributed by atoms with Gasteiger partial charge in [-0.2, -0.15) is 5.10 Å². The van der Waals surface area contributed by atoms with Crippen LogP contribution < -0.4 is 4.74 Å². The molecular formula is C20H27N3O3. The summed E-state index contributed by atoms with van der Waals surface area (Å²) in [6, 6.07) is 7.98. The van der Waals surface area contributed by atoms with Gasteiger partial charge in [-0.3, -0.25) is 9.48 Å². The van der Waals surface area contributed by atoms with Crippen LogP contribution in [0.1, 0.15) is 35.0 Å². The second kappa shape index (κ2) is 8.36. The summed E-state index contributed by atoms with van der Waals surface area (Å²) in [5, 5.41) is 4.35. The molecule has 26 heavy (non-hydrogen) atoms. The lowest BCUT2D eigenvalue weighted by atomic mass is 10.1. The van der Waals surface area contributed by atoms with Gasteiger partial charge in [0.25, 0.3) is 5.91 Å². The standard InChI is InChI=1S/C20H27N3O3/c1-4-8-23-15(2)19(13-21-23)20(24)22-9-10-26-18(14-22)12-16-6-5-7-17(11-16)25-3/h5-7,11,13,18H,4,8-10,12,14H2,1-3H3/t18-/m1/s1. The maximum Gasteiger partial charge on any atom is 0.257 e. The van der Waals surface area contributed by atoms with Crippen molar-refractivity contribution in [1.29, 1.82) is 0 Å². The summed E-state index contributed by atoms with van der Waals surface area (Å²) in [5.74, 6) is 0.883. The Morgan fingerprint density at radius 3 is 3.04 bits per heavy atom. The van der Waals surface area contributed by atoms with E-state index in [1.165, 1.54) is 0 Å². The highest BCUT2D eigenvalue weighted by Gasteiger charge is 2.27. The van der Waals surface area contributed by atoms with Crippen molar-refractivity contribution in [1.82, 2.24) is 14.7 Å². The Morgan fingerprint density at radius 2 is 2.27 bits per heavy atom. The summed E-state index contributed by atoms with van der Waals surface area (Å²) < 4.78 is 13.1. The van der Waals surface area contributed by atoms with Crippen LogP contribution in [0.3, 0.4) is 0 Å². The molecule has 0 unspecified atom stereocenters. The molecule has 1 aromatic heterocycles. The van der Waals surface area contributed by atoms with E-state index in [4.69, 9.17) is 9.47 Å². The fourth-order valence-electron chi connectivity index (χ4n) is 3.35. The first kappa shape index (κ1) is 18.5. The maximum absolute atomic E-state index is 12.9. The zero-order chi connectivity index (χ0) is 18.5. The third-order valence-corrected chi connectivity index (χ3v) is 4.79. The first-order valence-electron chi connectivity index (χ1n) is 9.18. The summed E-state index contributed by atoms with van der Waals surface area (Å²) >= 11 is 0. The summed E-state index contributed by atoms with van der Waals surface area (Å²) in [5.41, 5.74) is 2.78. The number of carbonyl (C=O) groups excluding carboxylic acids is 1. The molecule has 0 aliphatic carbocycles. The third-order valence-electron chi connectivity index (χ3n) is 4.79. The number of rotatable bonds is 6. The average Bonchev–Trinajstić information content (AvgIpc) is 3.02.